The molecule has 2 heterocycles. The minimum absolute atomic E-state index is 0.199. The molecule has 2 amide bonds. The molecule has 2 aliphatic rings. The molecule has 1 saturated heterocycles. The van der Waals surface area contributed by atoms with E-state index in [2.05, 4.69) is 24.1 Å². The minimum Gasteiger partial charge on any atom is -0.452 e. The van der Waals surface area contributed by atoms with Crippen LogP contribution in [0.25, 0.3) is 6.08 Å². The summed E-state index contributed by atoms with van der Waals surface area (Å²) in [5, 5.41) is 0. The van der Waals surface area contributed by atoms with Crippen LogP contribution in [0, 0.1) is 0 Å². The van der Waals surface area contributed by atoms with Gasteiger partial charge >= 0.3 is 5.97 Å². The zero-order valence-electron chi connectivity index (χ0n) is 14.4. The van der Waals surface area contributed by atoms with E-state index in [1.807, 2.05) is 6.07 Å². The number of nitrogens with zero attached hydrogens (tertiary/aromatic N) is 2. The Bertz CT molecular complexity index is 726. The number of carbonyl (C=O) groups is 3. The molecule has 0 N–H and O–H groups in total. The van der Waals surface area contributed by atoms with Crippen LogP contribution in [0.3, 0.4) is 0 Å². The van der Waals surface area contributed by atoms with Crippen LogP contribution in [0.4, 0.5) is 5.69 Å². The van der Waals surface area contributed by atoms with Gasteiger partial charge in [0.15, 0.2) is 6.61 Å². The summed E-state index contributed by atoms with van der Waals surface area (Å²) in [7, 11) is 2.08. The fourth-order valence-corrected chi connectivity index (χ4v) is 3.24. The highest BCUT2D eigenvalue weighted by molar-refractivity contribution is 5.98. The van der Waals surface area contributed by atoms with Crippen LogP contribution in [0.1, 0.15) is 30.4 Å². The predicted octanol–water partition coefficient (Wildman–Crippen LogP) is 1.77. The Balaban J connectivity index is 1.54. The van der Waals surface area contributed by atoms with Gasteiger partial charge in [-0.15, -0.1) is 0 Å². The second kappa shape index (κ2) is 7.51. The molecule has 0 aromatic heterocycles. The summed E-state index contributed by atoms with van der Waals surface area (Å²) < 4.78 is 4.94. The molecule has 6 heteroatoms. The fraction of sp³-hybridized carbons (Fsp3) is 0.421. The van der Waals surface area contributed by atoms with Crippen molar-refractivity contribution in [2.45, 2.75) is 25.7 Å². The van der Waals surface area contributed by atoms with Crippen molar-refractivity contribution in [1.29, 1.82) is 0 Å². The van der Waals surface area contributed by atoms with Crippen LogP contribution >= 0.6 is 0 Å². The van der Waals surface area contributed by atoms with Crippen LogP contribution in [0.2, 0.25) is 0 Å². The van der Waals surface area contributed by atoms with Crippen molar-refractivity contribution in [2.24, 2.45) is 0 Å². The summed E-state index contributed by atoms with van der Waals surface area (Å²) in [6.07, 6.45) is 6.20. The number of likely N-dealkylation sites (tertiary alicyclic amines) is 1. The summed E-state index contributed by atoms with van der Waals surface area (Å²) in [5.41, 5.74) is 3.42. The Morgan fingerprint density at radius 1 is 1.20 bits per heavy atom. The third-order valence-corrected chi connectivity index (χ3v) is 4.58. The van der Waals surface area contributed by atoms with E-state index in [9.17, 15) is 14.4 Å². The maximum Gasteiger partial charge on any atom is 0.331 e. The second-order valence-electron chi connectivity index (χ2n) is 6.40. The van der Waals surface area contributed by atoms with Crippen molar-refractivity contribution in [3.63, 3.8) is 0 Å². The maximum absolute atomic E-state index is 11.8. The van der Waals surface area contributed by atoms with Crippen molar-refractivity contribution >= 4 is 29.5 Å². The van der Waals surface area contributed by atoms with E-state index in [0.29, 0.717) is 19.4 Å². The van der Waals surface area contributed by atoms with Gasteiger partial charge in [-0.05, 0) is 48.6 Å². The molecule has 132 valence electrons. The number of hydrogen-bond acceptors (Lipinski definition) is 5. The number of anilines is 1. The average Bonchev–Trinajstić information content (AvgIpc) is 3.04. The lowest BCUT2D eigenvalue weighted by atomic mass is 9.99. The zero-order valence-corrected chi connectivity index (χ0v) is 14.4. The maximum atomic E-state index is 11.8. The normalized spacial score (nSPS) is 17.1. The third kappa shape index (κ3) is 4.07. The summed E-state index contributed by atoms with van der Waals surface area (Å²) >= 11 is 0. The van der Waals surface area contributed by atoms with E-state index < -0.39 is 18.5 Å². The Kier molecular flexibility index (Phi) is 5.16. The van der Waals surface area contributed by atoms with E-state index in [4.69, 9.17) is 4.74 Å². The Morgan fingerprint density at radius 2 is 2.00 bits per heavy atom. The summed E-state index contributed by atoms with van der Waals surface area (Å²) in [5.74, 6) is -1.24. The fourth-order valence-electron chi connectivity index (χ4n) is 3.24. The van der Waals surface area contributed by atoms with E-state index in [1.54, 1.807) is 6.08 Å². The predicted molar refractivity (Wildman–Crippen MR) is 94.0 cm³/mol. The number of carbonyl (C=O) groups excluding carboxylic acids is 3. The molecule has 0 bridgehead atoms. The monoisotopic (exact) mass is 342 g/mol. The van der Waals surface area contributed by atoms with Crippen LogP contribution in [-0.4, -0.2) is 49.4 Å². The van der Waals surface area contributed by atoms with E-state index in [1.165, 1.54) is 17.3 Å². The molecule has 2 aliphatic heterocycles. The molecule has 3 rings (SSSR count). The molecule has 1 aromatic rings. The number of hydrogen-bond donors (Lipinski definition) is 0. The van der Waals surface area contributed by atoms with Gasteiger partial charge in [-0.25, -0.2) is 4.79 Å². The van der Waals surface area contributed by atoms with Gasteiger partial charge in [0.25, 0.3) is 5.91 Å². The highest BCUT2D eigenvalue weighted by Crippen LogP contribution is 2.27. The van der Waals surface area contributed by atoms with Crippen molar-refractivity contribution in [2.75, 3.05) is 31.6 Å². The van der Waals surface area contributed by atoms with Crippen molar-refractivity contribution in [1.82, 2.24) is 4.90 Å². The first kappa shape index (κ1) is 17.2. The molecule has 25 heavy (non-hydrogen) atoms. The number of ether oxygens (including phenoxy) is 1. The van der Waals surface area contributed by atoms with Crippen molar-refractivity contribution in [3.8, 4) is 0 Å². The molecular formula is C19H22N2O4. The highest BCUT2D eigenvalue weighted by Gasteiger charge is 2.26. The minimum atomic E-state index is -0.588. The lowest BCUT2D eigenvalue weighted by Gasteiger charge is -2.27. The second-order valence-corrected chi connectivity index (χ2v) is 6.40. The van der Waals surface area contributed by atoms with Crippen molar-refractivity contribution in [3.05, 3.63) is 35.4 Å². The molecular weight excluding hydrogens is 320 g/mol. The smallest absolute Gasteiger partial charge is 0.331 e. The number of amides is 2. The molecule has 1 aromatic carbocycles. The molecule has 0 atom stereocenters. The molecule has 1 fully saturated rings. The van der Waals surface area contributed by atoms with Gasteiger partial charge in [-0.3, -0.25) is 14.5 Å². The molecule has 0 radical (unpaired) electrons. The molecule has 6 nitrogen and oxygen atoms in total. The van der Waals surface area contributed by atoms with Gasteiger partial charge in [0.05, 0.1) is 0 Å². The number of rotatable bonds is 4. The van der Waals surface area contributed by atoms with Crippen LogP contribution < -0.4 is 4.90 Å². The topological polar surface area (TPSA) is 66.9 Å². The van der Waals surface area contributed by atoms with Gasteiger partial charge in [0, 0.05) is 38.3 Å². The SMILES string of the molecule is CN1CCCc2cc(/C=C/C(=O)OCC(=O)N3CCCC3=O)ccc21. The molecule has 0 saturated carbocycles. The largest absolute Gasteiger partial charge is 0.452 e. The third-order valence-electron chi connectivity index (χ3n) is 4.58. The number of fused-ring (bicyclic) bond motifs is 1. The Labute approximate surface area is 147 Å². The number of benzene rings is 1. The van der Waals surface area contributed by atoms with Crippen LogP contribution in [0.5, 0.6) is 0 Å². The van der Waals surface area contributed by atoms with E-state index in [-0.39, 0.29) is 5.91 Å². The van der Waals surface area contributed by atoms with Crippen LogP contribution in [-0.2, 0) is 25.5 Å². The van der Waals surface area contributed by atoms with Gasteiger partial charge < -0.3 is 9.64 Å². The summed E-state index contributed by atoms with van der Waals surface area (Å²) in [4.78, 5) is 38.4. The van der Waals surface area contributed by atoms with E-state index in [0.717, 1.165) is 29.8 Å². The quantitative estimate of drug-likeness (QED) is 0.616. The highest BCUT2D eigenvalue weighted by atomic mass is 16.5. The number of imide groups is 1. The van der Waals surface area contributed by atoms with Crippen molar-refractivity contribution < 1.29 is 19.1 Å². The van der Waals surface area contributed by atoms with Gasteiger partial charge in [-0.1, -0.05) is 6.07 Å². The Morgan fingerprint density at radius 3 is 2.76 bits per heavy atom. The first-order valence-electron chi connectivity index (χ1n) is 8.57. The molecule has 0 spiro atoms. The molecule has 0 unspecified atom stereocenters. The van der Waals surface area contributed by atoms with Crippen LogP contribution in [0.15, 0.2) is 24.3 Å². The van der Waals surface area contributed by atoms with Gasteiger partial charge in [0.2, 0.25) is 5.91 Å². The lowest BCUT2D eigenvalue weighted by Crippen LogP contribution is -2.35. The first-order valence-corrected chi connectivity index (χ1v) is 8.57. The summed E-state index contributed by atoms with van der Waals surface area (Å²) in [6.45, 7) is 1.07. The zero-order chi connectivity index (χ0) is 17.8. The van der Waals surface area contributed by atoms with E-state index >= 15 is 0 Å². The summed E-state index contributed by atoms with van der Waals surface area (Å²) in [6, 6.07) is 6.09. The average molecular weight is 342 g/mol. The Hall–Kier alpha value is -2.63. The van der Waals surface area contributed by atoms with Gasteiger partial charge in [-0.2, -0.15) is 0 Å². The van der Waals surface area contributed by atoms with Gasteiger partial charge in [0.1, 0.15) is 0 Å². The first-order chi connectivity index (χ1) is 12.0. The molecule has 0 aliphatic carbocycles. The standard InChI is InChI=1S/C19H22N2O4/c1-20-10-2-4-15-12-14(6-8-16(15)20)7-9-19(24)25-13-18(23)21-11-3-5-17(21)22/h6-9,12H,2-5,10-11,13H2,1H3/b9-7+. The lowest BCUT2D eigenvalue weighted by molar-refractivity contribution is -0.151. The number of aryl methyl sites for hydroxylation is 1. The number of esters is 1.